The van der Waals surface area contributed by atoms with Gasteiger partial charge in [-0.05, 0) is 49.4 Å². The third-order valence-electron chi connectivity index (χ3n) is 4.96. The number of amides is 1. The minimum atomic E-state index is -0.446. The van der Waals surface area contributed by atoms with E-state index in [2.05, 4.69) is 25.5 Å². The Balaban J connectivity index is 1.73. The average molecular weight is 427 g/mol. The van der Waals surface area contributed by atoms with Crippen molar-refractivity contribution in [3.05, 3.63) is 82.8 Å². The van der Waals surface area contributed by atoms with Crippen molar-refractivity contribution >= 4 is 22.6 Å². The third-order valence-corrected chi connectivity index (χ3v) is 4.96. The lowest BCUT2D eigenvalue weighted by Crippen LogP contribution is -2.33. The summed E-state index contributed by atoms with van der Waals surface area (Å²) in [6, 6.07) is 12.0. The Labute approximate surface area is 181 Å². The second-order valence-corrected chi connectivity index (χ2v) is 6.99. The van der Waals surface area contributed by atoms with Crippen molar-refractivity contribution in [2.75, 3.05) is 12.5 Å². The van der Waals surface area contributed by atoms with Gasteiger partial charge in [-0.3, -0.25) is 20.0 Å². The lowest BCUT2D eigenvalue weighted by Gasteiger charge is -2.12. The fourth-order valence-electron chi connectivity index (χ4n) is 3.46. The summed E-state index contributed by atoms with van der Waals surface area (Å²) in [5, 5.41) is 4.73. The zero-order valence-electron chi connectivity index (χ0n) is 17.2. The van der Waals surface area contributed by atoms with Crippen LogP contribution in [0.5, 0.6) is 5.75 Å². The van der Waals surface area contributed by atoms with E-state index in [9.17, 15) is 9.59 Å². The van der Waals surface area contributed by atoms with Crippen LogP contribution in [0.15, 0.2) is 65.8 Å². The number of ether oxygens (including phenoxy) is 1. The van der Waals surface area contributed by atoms with E-state index in [4.69, 9.17) is 4.74 Å². The smallest absolute Gasteiger partial charge is 0.280 e. The SMILES string of the molecule is COc1ccc(-c2c3c(=O)n(NC(=O)c4ccncc4)ccc3nc3nc(C)nn23)cc1. The molecule has 5 aromatic rings. The summed E-state index contributed by atoms with van der Waals surface area (Å²) in [6.45, 7) is 1.75. The first-order valence-corrected chi connectivity index (χ1v) is 9.70. The van der Waals surface area contributed by atoms with Gasteiger partial charge in [0.05, 0.1) is 23.7 Å². The van der Waals surface area contributed by atoms with Gasteiger partial charge in [0.15, 0.2) is 0 Å². The molecule has 0 aliphatic heterocycles. The van der Waals surface area contributed by atoms with Crippen LogP contribution in [0.25, 0.3) is 27.9 Å². The number of hydrogen-bond acceptors (Lipinski definition) is 7. The van der Waals surface area contributed by atoms with Crippen LogP contribution >= 0.6 is 0 Å². The Bertz CT molecular complexity index is 1520. The van der Waals surface area contributed by atoms with Gasteiger partial charge in [-0.25, -0.2) is 9.66 Å². The van der Waals surface area contributed by atoms with Gasteiger partial charge in [0.25, 0.3) is 17.2 Å². The molecule has 4 aromatic heterocycles. The van der Waals surface area contributed by atoms with E-state index in [1.165, 1.54) is 23.1 Å². The standard InChI is InChI=1S/C22H17N7O3/c1-13-24-22-25-17-9-12-28(27-20(30)15-7-10-23-11-8-15)21(31)18(17)19(29(22)26-13)14-3-5-16(32-2)6-4-14/h3-12H,1-2H3,(H,27,30). The van der Waals surface area contributed by atoms with Crippen LogP contribution in [0.2, 0.25) is 0 Å². The van der Waals surface area contributed by atoms with Gasteiger partial charge in [-0.2, -0.15) is 9.50 Å². The van der Waals surface area contributed by atoms with Gasteiger partial charge in [-0.1, -0.05) is 0 Å². The van der Waals surface area contributed by atoms with Crippen LogP contribution in [0.4, 0.5) is 0 Å². The monoisotopic (exact) mass is 427 g/mol. The van der Waals surface area contributed by atoms with Crippen LogP contribution in [0.3, 0.4) is 0 Å². The normalized spacial score (nSPS) is 11.1. The molecule has 0 saturated heterocycles. The number of nitrogens with one attached hydrogen (secondary N) is 1. The number of fused-ring (bicyclic) bond motifs is 2. The molecule has 0 unspecified atom stereocenters. The number of carbonyl (C=O) groups excluding carboxylic acids is 1. The fraction of sp³-hybridized carbons (Fsp3) is 0.0909. The zero-order chi connectivity index (χ0) is 22.2. The molecule has 1 aromatic carbocycles. The quantitative estimate of drug-likeness (QED) is 0.467. The molecule has 158 valence electrons. The first-order valence-electron chi connectivity index (χ1n) is 9.70. The second-order valence-electron chi connectivity index (χ2n) is 6.99. The molecule has 4 heterocycles. The zero-order valence-corrected chi connectivity index (χ0v) is 17.2. The Kier molecular flexibility index (Phi) is 4.59. The number of aromatic nitrogens is 6. The molecule has 0 spiro atoms. The third kappa shape index (κ3) is 3.23. The summed E-state index contributed by atoms with van der Waals surface area (Å²) >= 11 is 0. The molecule has 10 heteroatoms. The van der Waals surface area contributed by atoms with Gasteiger partial charge in [-0.15, -0.1) is 5.10 Å². The van der Waals surface area contributed by atoms with E-state index in [0.29, 0.717) is 39.5 Å². The van der Waals surface area contributed by atoms with Gasteiger partial charge in [0.1, 0.15) is 11.6 Å². The molecular weight excluding hydrogens is 410 g/mol. The predicted octanol–water partition coefficient (Wildman–Crippen LogP) is 2.20. The molecule has 0 bridgehead atoms. The molecule has 1 amide bonds. The van der Waals surface area contributed by atoms with Crippen molar-refractivity contribution in [3.8, 4) is 17.0 Å². The number of methoxy groups -OCH3 is 1. The Hall–Kier alpha value is -4.60. The number of hydrogen-bond donors (Lipinski definition) is 1. The molecule has 5 rings (SSSR count). The highest BCUT2D eigenvalue weighted by atomic mass is 16.5. The minimum Gasteiger partial charge on any atom is -0.497 e. The highest BCUT2D eigenvalue weighted by molar-refractivity contribution is 6.00. The Morgan fingerprint density at radius 2 is 1.78 bits per heavy atom. The molecule has 32 heavy (non-hydrogen) atoms. The molecule has 0 fully saturated rings. The summed E-state index contributed by atoms with van der Waals surface area (Å²) in [4.78, 5) is 38.8. The first kappa shape index (κ1) is 19.4. The average Bonchev–Trinajstić information content (AvgIpc) is 3.20. The Morgan fingerprint density at radius 1 is 1.03 bits per heavy atom. The topological polar surface area (TPSA) is 116 Å². The molecule has 0 aliphatic rings. The Morgan fingerprint density at radius 3 is 2.50 bits per heavy atom. The van der Waals surface area contributed by atoms with Crippen LogP contribution in [0, 0.1) is 6.92 Å². The lowest BCUT2D eigenvalue weighted by atomic mass is 10.1. The van der Waals surface area contributed by atoms with Crippen molar-refractivity contribution < 1.29 is 9.53 Å². The maximum Gasteiger partial charge on any atom is 0.280 e. The van der Waals surface area contributed by atoms with Crippen molar-refractivity contribution in [2.45, 2.75) is 6.92 Å². The molecule has 10 nitrogen and oxygen atoms in total. The van der Waals surface area contributed by atoms with Gasteiger partial charge >= 0.3 is 0 Å². The highest BCUT2D eigenvalue weighted by Crippen LogP contribution is 2.27. The van der Waals surface area contributed by atoms with Gasteiger partial charge in [0, 0.05) is 29.7 Å². The van der Waals surface area contributed by atoms with Gasteiger partial charge < -0.3 is 4.74 Å². The van der Waals surface area contributed by atoms with E-state index in [-0.39, 0.29) is 0 Å². The summed E-state index contributed by atoms with van der Waals surface area (Å²) < 4.78 is 7.92. The summed E-state index contributed by atoms with van der Waals surface area (Å²) in [5.41, 5.74) is 4.23. The number of rotatable bonds is 4. The largest absolute Gasteiger partial charge is 0.497 e. The summed E-state index contributed by atoms with van der Waals surface area (Å²) in [5.74, 6) is 1.14. The van der Waals surface area contributed by atoms with Gasteiger partial charge in [0.2, 0.25) is 0 Å². The molecule has 0 radical (unpaired) electrons. The highest BCUT2D eigenvalue weighted by Gasteiger charge is 2.19. The summed E-state index contributed by atoms with van der Waals surface area (Å²) in [7, 11) is 1.58. The molecule has 0 saturated carbocycles. The predicted molar refractivity (Wildman–Crippen MR) is 117 cm³/mol. The number of nitrogens with zero attached hydrogens (tertiary/aromatic N) is 6. The maximum atomic E-state index is 13.5. The van der Waals surface area contributed by atoms with E-state index < -0.39 is 11.5 Å². The molecule has 0 aliphatic carbocycles. The summed E-state index contributed by atoms with van der Waals surface area (Å²) in [6.07, 6.45) is 4.48. The van der Waals surface area contributed by atoms with E-state index >= 15 is 0 Å². The molecular formula is C22H17N7O3. The van der Waals surface area contributed by atoms with Crippen LogP contribution in [-0.2, 0) is 0 Å². The molecule has 0 atom stereocenters. The molecule has 1 N–H and O–H groups in total. The number of aryl methyl sites for hydroxylation is 1. The van der Waals surface area contributed by atoms with Crippen molar-refractivity contribution in [1.82, 2.24) is 29.2 Å². The first-order chi connectivity index (χ1) is 15.5. The van der Waals surface area contributed by atoms with Crippen molar-refractivity contribution in [3.63, 3.8) is 0 Å². The number of pyridine rings is 2. The lowest BCUT2D eigenvalue weighted by molar-refractivity contribution is 0.101. The van der Waals surface area contributed by atoms with Crippen LogP contribution in [0.1, 0.15) is 16.2 Å². The minimum absolute atomic E-state index is 0.296. The van der Waals surface area contributed by atoms with Crippen LogP contribution in [-0.4, -0.2) is 42.3 Å². The number of carbonyl (C=O) groups is 1. The van der Waals surface area contributed by atoms with E-state index in [0.717, 1.165) is 10.2 Å². The van der Waals surface area contributed by atoms with E-state index in [1.807, 2.05) is 12.1 Å². The second kappa shape index (κ2) is 7.58. The number of benzene rings is 1. The fourth-order valence-corrected chi connectivity index (χ4v) is 3.46. The van der Waals surface area contributed by atoms with E-state index in [1.54, 1.807) is 44.4 Å². The van der Waals surface area contributed by atoms with Crippen molar-refractivity contribution in [1.29, 1.82) is 0 Å². The van der Waals surface area contributed by atoms with Crippen molar-refractivity contribution in [2.24, 2.45) is 0 Å². The van der Waals surface area contributed by atoms with Crippen LogP contribution < -0.4 is 15.7 Å². The maximum absolute atomic E-state index is 13.5.